The van der Waals surface area contributed by atoms with Crippen LogP contribution in [-0.2, 0) is 4.79 Å². The first-order valence-corrected chi connectivity index (χ1v) is 6.23. The Morgan fingerprint density at radius 1 is 1.44 bits per heavy atom. The molecule has 4 nitrogen and oxygen atoms in total. The molecule has 1 heterocycles. The largest absolute Gasteiger partial charge is 0.325 e. The van der Waals surface area contributed by atoms with Crippen molar-refractivity contribution in [3.8, 4) is 6.07 Å². The van der Waals surface area contributed by atoms with Gasteiger partial charge >= 0.3 is 0 Å². The second-order valence-corrected chi connectivity index (χ2v) is 4.81. The molecule has 4 heteroatoms. The van der Waals surface area contributed by atoms with Crippen LogP contribution in [-0.4, -0.2) is 18.5 Å². The first-order valence-electron chi connectivity index (χ1n) is 6.23. The number of hydrogen-bond donors (Lipinski definition) is 2. The third-order valence-electron chi connectivity index (χ3n) is 3.26. The SMILES string of the molecule is CC1CCNC(C(=O)Nc2ccc(C#N)cc2)C1. The van der Waals surface area contributed by atoms with Crippen molar-refractivity contribution < 1.29 is 4.79 Å². The van der Waals surface area contributed by atoms with Crippen molar-refractivity contribution >= 4 is 11.6 Å². The highest BCUT2D eigenvalue weighted by atomic mass is 16.2. The van der Waals surface area contributed by atoms with Gasteiger partial charge in [-0.1, -0.05) is 6.92 Å². The Bertz CT molecular complexity index is 461. The zero-order valence-corrected chi connectivity index (χ0v) is 10.4. The van der Waals surface area contributed by atoms with E-state index in [-0.39, 0.29) is 11.9 Å². The number of nitrogens with zero attached hydrogens (tertiary/aromatic N) is 1. The van der Waals surface area contributed by atoms with E-state index in [9.17, 15) is 4.79 Å². The van der Waals surface area contributed by atoms with Gasteiger partial charge in [0.15, 0.2) is 0 Å². The topological polar surface area (TPSA) is 64.9 Å². The molecule has 1 aromatic carbocycles. The molecular weight excluding hydrogens is 226 g/mol. The van der Waals surface area contributed by atoms with Gasteiger partial charge in [-0.25, -0.2) is 0 Å². The van der Waals surface area contributed by atoms with Crippen molar-refractivity contribution in [3.63, 3.8) is 0 Å². The Morgan fingerprint density at radius 2 is 2.17 bits per heavy atom. The van der Waals surface area contributed by atoms with Crippen molar-refractivity contribution in [2.24, 2.45) is 5.92 Å². The normalized spacial score (nSPS) is 23.1. The van der Waals surface area contributed by atoms with Gasteiger partial charge in [-0.15, -0.1) is 0 Å². The summed E-state index contributed by atoms with van der Waals surface area (Å²) in [6.45, 7) is 3.06. The number of amides is 1. The Hall–Kier alpha value is -1.86. The van der Waals surface area contributed by atoms with E-state index in [0.29, 0.717) is 11.5 Å². The molecule has 0 radical (unpaired) electrons. The Labute approximate surface area is 107 Å². The number of piperidine rings is 1. The van der Waals surface area contributed by atoms with E-state index in [1.165, 1.54) is 0 Å². The fourth-order valence-electron chi connectivity index (χ4n) is 2.16. The average Bonchev–Trinajstić information content (AvgIpc) is 2.39. The molecule has 2 rings (SSSR count). The smallest absolute Gasteiger partial charge is 0.241 e. The third-order valence-corrected chi connectivity index (χ3v) is 3.26. The number of carbonyl (C=O) groups excluding carboxylic acids is 1. The van der Waals surface area contributed by atoms with E-state index in [4.69, 9.17) is 5.26 Å². The first kappa shape index (κ1) is 12.6. The molecule has 94 valence electrons. The zero-order chi connectivity index (χ0) is 13.0. The number of nitrogens with one attached hydrogen (secondary N) is 2. The molecule has 2 unspecified atom stereocenters. The summed E-state index contributed by atoms with van der Waals surface area (Å²) in [6, 6.07) is 8.85. The van der Waals surface area contributed by atoms with Crippen LogP contribution in [0.1, 0.15) is 25.3 Å². The third kappa shape index (κ3) is 3.08. The highest BCUT2D eigenvalue weighted by Gasteiger charge is 2.24. The molecule has 2 N–H and O–H groups in total. The molecule has 1 saturated heterocycles. The van der Waals surface area contributed by atoms with Gasteiger partial charge in [0.1, 0.15) is 0 Å². The van der Waals surface area contributed by atoms with Gasteiger partial charge < -0.3 is 10.6 Å². The summed E-state index contributed by atoms with van der Waals surface area (Å²) in [6.07, 6.45) is 2.00. The van der Waals surface area contributed by atoms with Crippen LogP contribution in [0.2, 0.25) is 0 Å². The van der Waals surface area contributed by atoms with E-state index >= 15 is 0 Å². The van der Waals surface area contributed by atoms with Gasteiger partial charge in [0.2, 0.25) is 5.91 Å². The zero-order valence-electron chi connectivity index (χ0n) is 10.4. The van der Waals surface area contributed by atoms with Gasteiger partial charge in [0.25, 0.3) is 0 Å². The summed E-state index contributed by atoms with van der Waals surface area (Å²) >= 11 is 0. The Kier molecular flexibility index (Phi) is 3.96. The van der Waals surface area contributed by atoms with Gasteiger partial charge in [0.05, 0.1) is 17.7 Å². The molecule has 2 atom stereocenters. The number of rotatable bonds is 2. The highest BCUT2D eigenvalue weighted by Crippen LogP contribution is 2.17. The molecule has 1 amide bonds. The summed E-state index contributed by atoms with van der Waals surface area (Å²) in [5.41, 5.74) is 1.33. The molecule has 1 aromatic rings. The van der Waals surface area contributed by atoms with Gasteiger partial charge in [-0.2, -0.15) is 5.26 Å². The van der Waals surface area contributed by atoms with Crippen molar-refractivity contribution in [1.29, 1.82) is 5.26 Å². The van der Waals surface area contributed by atoms with Crippen LogP contribution in [0.3, 0.4) is 0 Å². The van der Waals surface area contributed by atoms with Crippen LogP contribution in [0.15, 0.2) is 24.3 Å². The van der Waals surface area contributed by atoms with Crippen molar-refractivity contribution in [2.45, 2.75) is 25.8 Å². The van der Waals surface area contributed by atoms with E-state index in [1.807, 2.05) is 0 Å². The molecule has 0 spiro atoms. The standard InChI is InChI=1S/C14H17N3O/c1-10-6-7-16-13(8-10)14(18)17-12-4-2-11(9-15)3-5-12/h2-5,10,13,16H,6-8H2,1H3,(H,17,18). The molecule has 0 bridgehead atoms. The minimum atomic E-state index is -0.107. The Balaban J connectivity index is 1.96. The summed E-state index contributed by atoms with van der Waals surface area (Å²) in [7, 11) is 0. The average molecular weight is 243 g/mol. The maximum atomic E-state index is 12.0. The van der Waals surface area contributed by atoms with Crippen LogP contribution in [0.4, 0.5) is 5.69 Å². The molecule has 0 saturated carbocycles. The van der Waals surface area contributed by atoms with Crippen molar-refractivity contribution in [3.05, 3.63) is 29.8 Å². The minimum Gasteiger partial charge on any atom is -0.325 e. The molecule has 0 aromatic heterocycles. The minimum absolute atomic E-state index is 0.00579. The predicted molar refractivity (Wildman–Crippen MR) is 70.0 cm³/mol. The quantitative estimate of drug-likeness (QED) is 0.833. The number of anilines is 1. The summed E-state index contributed by atoms with van der Waals surface area (Å²) in [4.78, 5) is 12.0. The summed E-state index contributed by atoms with van der Waals surface area (Å²) < 4.78 is 0. The number of carbonyl (C=O) groups is 1. The number of hydrogen-bond acceptors (Lipinski definition) is 3. The van der Waals surface area contributed by atoms with E-state index < -0.39 is 0 Å². The lowest BCUT2D eigenvalue weighted by Crippen LogP contribution is -2.45. The van der Waals surface area contributed by atoms with Crippen molar-refractivity contribution in [2.75, 3.05) is 11.9 Å². The molecule has 0 aliphatic carbocycles. The summed E-state index contributed by atoms with van der Waals surface area (Å²) in [5, 5.41) is 14.8. The van der Waals surface area contributed by atoms with Gasteiger partial charge in [-0.05, 0) is 49.6 Å². The lowest BCUT2D eigenvalue weighted by Gasteiger charge is -2.27. The maximum absolute atomic E-state index is 12.0. The van der Waals surface area contributed by atoms with Crippen LogP contribution in [0.25, 0.3) is 0 Å². The van der Waals surface area contributed by atoms with Crippen LogP contribution >= 0.6 is 0 Å². The van der Waals surface area contributed by atoms with E-state index in [1.54, 1.807) is 24.3 Å². The van der Waals surface area contributed by atoms with Crippen LogP contribution in [0, 0.1) is 17.2 Å². The van der Waals surface area contributed by atoms with E-state index in [0.717, 1.165) is 25.1 Å². The fraction of sp³-hybridized carbons (Fsp3) is 0.429. The predicted octanol–water partition coefficient (Wildman–Crippen LogP) is 1.88. The summed E-state index contributed by atoms with van der Waals surface area (Å²) in [5.74, 6) is 0.592. The highest BCUT2D eigenvalue weighted by molar-refractivity contribution is 5.94. The lowest BCUT2D eigenvalue weighted by atomic mass is 9.94. The second-order valence-electron chi connectivity index (χ2n) is 4.81. The van der Waals surface area contributed by atoms with Crippen LogP contribution < -0.4 is 10.6 Å². The first-order chi connectivity index (χ1) is 8.69. The Morgan fingerprint density at radius 3 is 2.78 bits per heavy atom. The van der Waals surface area contributed by atoms with E-state index in [2.05, 4.69) is 23.6 Å². The van der Waals surface area contributed by atoms with Gasteiger partial charge in [-0.3, -0.25) is 4.79 Å². The monoisotopic (exact) mass is 243 g/mol. The molecule has 1 fully saturated rings. The number of nitriles is 1. The van der Waals surface area contributed by atoms with Crippen LogP contribution in [0.5, 0.6) is 0 Å². The fourth-order valence-corrected chi connectivity index (χ4v) is 2.16. The maximum Gasteiger partial charge on any atom is 0.241 e. The molecule has 1 aliphatic rings. The number of benzene rings is 1. The van der Waals surface area contributed by atoms with Gasteiger partial charge in [0, 0.05) is 5.69 Å². The lowest BCUT2D eigenvalue weighted by molar-refractivity contribution is -0.119. The van der Waals surface area contributed by atoms with Crippen molar-refractivity contribution in [1.82, 2.24) is 5.32 Å². The molecule has 18 heavy (non-hydrogen) atoms. The molecule has 1 aliphatic heterocycles. The molecular formula is C14H17N3O. The second kappa shape index (κ2) is 5.65.